The lowest BCUT2D eigenvalue weighted by molar-refractivity contribution is -0.122. The fourth-order valence-corrected chi connectivity index (χ4v) is 6.78. The van der Waals surface area contributed by atoms with Gasteiger partial charge < -0.3 is 30.7 Å². The third-order valence-corrected chi connectivity index (χ3v) is 9.33. The highest BCUT2D eigenvalue weighted by Gasteiger charge is 2.42. The fraction of sp³-hybridized carbons (Fsp3) is 0.694. The van der Waals surface area contributed by atoms with E-state index >= 15 is 0 Å². The van der Waals surface area contributed by atoms with Gasteiger partial charge in [0.1, 0.15) is 0 Å². The number of thioether (sulfide) groups is 1. The van der Waals surface area contributed by atoms with Crippen LogP contribution in [0.3, 0.4) is 0 Å². The molecule has 0 aromatic carbocycles. The van der Waals surface area contributed by atoms with Crippen LogP contribution in [0.25, 0.3) is 0 Å². The largest absolute Gasteiger partial charge is 0.377 e. The van der Waals surface area contributed by atoms with E-state index in [-0.39, 0.29) is 29.9 Å². The van der Waals surface area contributed by atoms with Gasteiger partial charge in [-0.1, -0.05) is 74.8 Å². The summed E-state index contributed by atoms with van der Waals surface area (Å²) in [5, 5.41) is 12.2. The molecule has 2 saturated heterocycles. The highest BCUT2D eigenvalue weighted by Crippen LogP contribution is 2.33. The highest BCUT2D eigenvalue weighted by molar-refractivity contribution is 8.00. The van der Waals surface area contributed by atoms with E-state index in [0.717, 1.165) is 57.1 Å². The Morgan fingerprint density at radius 1 is 0.739 bits per heavy atom. The maximum atomic E-state index is 12.0. The molecule has 0 radical (unpaired) electrons. The minimum absolute atomic E-state index is 0.0440. The number of allylic oxidation sites excluding steroid dienone is 8. The number of amides is 4. The molecule has 3 atom stereocenters. The number of unbranched alkanes of at least 4 members (excludes halogenated alkanes) is 5. The molecular formula is C36H60N4O5S. The second-order valence-corrected chi connectivity index (χ2v) is 13.0. The van der Waals surface area contributed by atoms with Crippen molar-refractivity contribution in [3.63, 3.8) is 0 Å². The summed E-state index contributed by atoms with van der Waals surface area (Å²) in [4.78, 5) is 35.5. The van der Waals surface area contributed by atoms with Gasteiger partial charge in [-0.3, -0.25) is 9.59 Å². The molecule has 2 aliphatic rings. The first-order chi connectivity index (χ1) is 22.6. The molecule has 0 aromatic rings. The highest BCUT2D eigenvalue weighted by atomic mass is 32.2. The number of carbonyl (C=O) groups excluding carboxylic acids is 3. The summed E-state index contributed by atoms with van der Waals surface area (Å²) in [6.07, 6.45) is 31.3. The zero-order valence-electron chi connectivity index (χ0n) is 28.1. The number of urea groups is 1. The Morgan fingerprint density at radius 3 is 1.91 bits per heavy atom. The van der Waals surface area contributed by atoms with Crippen LogP contribution < -0.4 is 21.3 Å². The molecule has 4 amide bonds. The summed E-state index contributed by atoms with van der Waals surface area (Å²) in [7, 11) is 0. The molecule has 0 spiro atoms. The van der Waals surface area contributed by atoms with Crippen LogP contribution in [-0.2, 0) is 19.1 Å². The molecule has 0 aromatic heterocycles. The van der Waals surface area contributed by atoms with Crippen LogP contribution in [0, 0.1) is 0 Å². The van der Waals surface area contributed by atoms with Crippen molar-refractivity contribution in [1.82, 2.24) is 21.3 Å². The van der Waals surface area contributed by atoms with Gasteiger partial charge in [0.25, 0.3) is 0 Å². The Bertz CT molecular complexity index is 955. The summed E-state index contributed by atoms with van der Waals surface area (Å²) in [5.41, 5.74) is 0. The van der Waals surface area contributed by atoms with Gasteiger partial charge in [0, 0.05) is 36.9 Å². The molecule has 9 nitrogen and oxygen atoms in total. The van der Waals surface area contributed by atoms with Gasteiger partial charge in [0.15, 0.2) is 0 Å². The molecule has 0 aliphatic carbocycles. The Balaban J connectivity index is 1.27. The molecule has 0 bridgehead atoms. The Morgan fingerprint density at radius 2 is 1.30 bits per heavy atom. The van der Waals surface area contributed by atoms with Crippen LogP contribution in [-0.4, -0.2) is 80.4 Å². The Kier molecular flexibility index (Phi) is 23.7. The molecule has 46 heavy (non-hydrogen) atoms. The molecule has 0 saturated carbocycles. The van der Waals surface area contributed by atoms with Gasteiger partial charge in [0.2, 0.25) is 11.8 Å². The standard InChI is InChI=1S/C36H60N4O5S/c1-2-3-4-5-6-7-8-9-10-11-12-13-14-15-16-17-18-22-33(41)37-24-26-44-28-29-45-27-25-38-34(42)23-20-19-21-32-35-31(30-46-32)39-36(43)40-35/h6-7,9-10,12-13,15-16,31-32,35H,2-5,8,11,14,17-30H2,1H3,(H,37,41)(H,38,42)(H2,39,40,43)/t31-,32-,35-/m0/s1. The normalized spacial score (nSPS) is 19.4. The summed E-state index contributed by atoms with van der Waals surface area (Å²) in [6.45, 7) is 5.00. The van der Waals surface area contributed by atoms with Crippen LogP contribution >= 0.6 is 11.8 Å². The number of ether oxygens (including phenoxy) is 2. The van der Waals surface area contributed by atoms with Gasteiger partial charge in [-0.15, -0.1) is 0 Å². The summed E-state index contributed by atoms with van der Waals surface area (Å²) >= 11 is 1.90. The predicted octanol–water partition coefficient (Wildman–Crippen LogP) is 6.12. The van der Waals surface area contributed by atoms with Crippen LogP contribution in [0.15, 0.2) is 48.6 Å². The minimum atomic E-state index is -0.0576. The van der Waals surface area contributed by atoms with E-state index in [1.54, 1.807) is 0 Å². The third-order valence-electron chi connectivity index (χ3n) is 7.82. The molecule has 2 fully saturated rings. The van der Waals surface area contributed by atoms with Crippen molar-refractivity contribution in [2.24, 2.45) is 0 Å². The summed E-state index contributed by atoms with van der Waals surface area (Å²) in [6, 6.07) is 0.417. The van der Waals surface area contributed by atoms with E-state index in [2.05, 4.69) is 76.8 Å². The van der Waals surface area contributed by atoms with Gasteiger partial charge in [-0.25, -0.2) is 4.79 Å². The first kappa shape index (κ1) is 39.6. The third kappa shape index (κ3) is 20.5. The van der Waals surface area contributed by atoms with Crippen molar-refractivity contribution in [2.75, 3.05) is 45.3 Å². The maximum absolute atomic E-state index is 12.0. The van der Waals surface area contributed by atoms with E-state index in [0.29, 0.717) is 57.6 Å². The molecule has 2 aliphatic heterocycles. The SMILES string of the molecule is CCCCCC=CCC=CCC=CCC=CCCCC(=O)NCCOCCOCCNC(=O)CCCC[C@@H]1SC[C@@H]2NC(=O)N[C@@H]21. The van der Waals surface area contributed by atoms with E-state index in [9.17, 15) is 14.4 Å². The van der Waals surface area contributed by atoms with E-state index in [1.165, 1.54) is 25.7 Å². The van der Waals surface area contributed by atoms with Crippen molar-refractivity contribution in [3.05, 3.63) is 48.6 Å². The molecular weight excluding hydrogens is 600 g/mol. The van der Waals surface area contributed by atoms with Crippen LogP contribution in [0.2, 0.25) is 0 Å². The average Bonchev–Trinajstić information content (AvgIpc) is 3.60. The summed E-state index contributed by atoms with van der Waals surface area (Å²) < 4.78 is 11.0. The smallest absolute Gasteiger partial charge is 0.315 e. The predicted molar refractivity (Wildman–Crippen MR) is 190 cm³/mol. The quantitative estimate of drug-likeness (QED) is 0.0456. The lowest BCUT2D eigenvalue weighted by atomic mass is 10.0. The number of carbonyl (C=O) groups is 3. The number of hydrogen-bond donors (Lipinski definition) is 4. The number of hydrogen-bond acceptors (Lipinski definition) is 6. The van der Waals surface area contributed by atoms with Crippen molar-refractivity contribution in [3.8, 4) is 0 Å². The Labute approximate surface area is 282 Å². The molecule has 2 rings (SSSR count). The number of fused-ring (bicyclic) bond motifs is 1. The second kappa shape index (κ2) is 27.5. The average molecular weight is 661 g/mol. The van der Waals surface area contributed by atoms with Gasteiger partial charge in [0.05, 0.1) is 38.5 Å². The first-order valence-corrected chi connectivity index (χ1v) is 18.6. The zero-order valence-corrected chi connectivity index (χ0v) is 29.0. The van der Waals surface area contributed by atoms with Crippen LogP contribution in [0.5, 0.6) is 0 Å². The van der Waals surface area contributed by atoms with Crippen LogP contribution in [0.1, 0.15) is 96.8 Å². The summed E-state index contributed by atoms with van der Waals surface area (Å²) in [5.74, 6) is 1.06. The molecule has 4 N–H and O–H groups in total. The van der Waals surface area contributed by atoms with E-state index in [4.69, 9.17) is 9.47 Å². The van der Waals surface area contributed by atoms with E-state index in [1.807, 2.05) is 11.8 Å². The van der Waals surface area contributed by atoms with Crippen molar-refractivity contribution in [1.29, 1.82) is 0 Å². The number of nitrogens with one attached hydrogen (secondary N) is 4. The monoisotopic (exact) mass is 660 g/mol. The minimum Gasteiger partial charge on any atom is -0.377 e. The van der Waals surface area contributed by atoms with Gasteiger partial charge in [-0.05, 0) is 57.8 Å². The van der Waals surface area contributed by atoms with Crippen molar-refractivity contribution < 1.29 is 23.9 Å². The lowest BCUT2D eigenvalue weighted by Gasteiger charge is -2.16. The Hall–Kier alpha value is -2.56. The topological polar surface area (TPSA) is 118 Å². The number of rotatable bonds is 28. The van der Waals surface area contributed by atoms with Gasteiger partial charge in [-0.2, -0.15) is 11.8 Å². The molecule has 10 heteroatoms. The van der Waals surface area contributed by atoms with E-state index < -0.39 is 0 Å². The van der Waals surface area contributed by atoms with Crippen molar-refractivity contribution in [2.45, 2.75) is 114 Å². The van der Waals surface area contributed by atoms with Crippen molar-refractivity contribution >= 4 is 29.6 Å². The lowest BCUT2D eigenvalue weighted by Crippen LogP contribution is -2.36. The molecule has 2 heterocycles. The zero-order chi connectivity index (χ0) is 32.9. The second-order valence-electron chi connectivity index (χ2n) is 11.8. The molecule has 260 valence electrons. The molecule has 0 unspecified atom stereocenters. The van der Waals surface area contributed by atoms with Gasteiger partial charge >= 0.3 is 6.03 Å². The fourth-order valence-electron chi connectivity index (χ4n) is 5.24. The first-order valence-electron chi connectivity index (χ1n) is 17.6. The van der Waals surface area contributed by atoms with Crippen LogP contribution in [0.4, 0.5) is 4.79 Å². The maximum Gasteiger partial charge on any atom is 0.315 e.